The van der Waals surface area contributed by atoms with Crippen LogP contribution in [0.4, 0.5) is 0 Å². The van der Waals surface area contributed by atoms with Gasteiger partial charge in [-0.15, -0.1) is 0 Å². The van der Waals surface area contributed by atoms with Gasteiger partial charge >= 0.3 is 0 Å². The van der Waals surface area contributed by atoms with E-state index in [0.29, 0.717) is 23.8 Å². The van der Waals surface area contributed by atoms with Crippen LogP contribution in [0.3, 0.4) is 0 Å². The Bertz CT molecular complexity index is 904. The largest absolute Gasteiger partial charge is 0.493 e. The van der Waals surface area contributed by atoms with Crippen LogP contribution >= 0.6 is 0 Å². The molecule has 0 radical (unpaired) electrons. The quantitative estimate of drug-likeness (QED) is 0.616. The van der Waals surface area contributed by atoms with Crippen LogP contribution in [0, 0.1) is 0 Å². The lowest BCUT2D eigenvalue weighted by molar-refractivity contribution is -0.116. The van der Waals surface area contributed by atoms with Gasteiger partial charge in [-0.1, -0.05) is 30.7 Å². The zero-order valence-electron chi connectivity index (χ0n) is 18.6. The lowest BCUT2D eigenvalue weighted by atomic mass is 10.0. The number of piperidine rings is 1. The maximum atomic E-state index is 12.5. The van der Waals surface area contributed by atoms with Crippen molar-refractivity contribution in [1.82, 2.24) is 10.2 Å². The maximum Gasteiger partial charge on any atom is 0.244 e. The lowest BCUT2D eigenvalue weighted by Gasteiger charge is -2.27. The van der Waals surface area contributed by atoms with E-state index in [1.54, 1.807) is 33.5 Å². The highest BCUT2D eigenvalue weighted by Gasteiger charge is 2.15. The fraction of sp³-hybridized carbons (Fsp3) is 0.400. The van der Waals surface area contributed by atoms with Crippen molar-refractivity contribution >= 4 is 12.0 Å². The summed E-state index contributed by atoms with van der Waals surface area (Å²) in [5.41, 5.74) is 3.16. The van der Waals surface area contributed by atoms with Gasteiger partial charge in [0.05, 0.1) is 21.3 Å². The molecular formula is C25H32N2O4. The van der Waals surface area contributed by atoms with Crippen molar-refractivity contribution in [2.75, 3.05) is 34.4 Å². The topological polar surface area (TPSA) is 60.0 Å². The zero-order valence-corrected chi connectivity index (χ0v) is 18.6. The van der Waals surface area contributed by atoms with E-state index in [1.165, 1.54) is 30.9 Å². The minimum atomic E-state index is -0.162. The number of carbonyl (C=O) groups excluding carboxylic acids is 1. The molecular weight excluding hydrogens is 392 g/mol. The van der Waals surface area contributed by atoms with Gasteiger partial charge in [0.15, 0.2) is 11.5 Å². The number of rotatable bonds is 9. The van der Waals surface area contributed by atoms with Crippen LogP contribution in [0.15, 0.2) is 42.5 Å². The second-order valence-electron chi connectivity index (χ2n) is 7.58. The molecule has 0 unspecified atom stereocenters. The summed E-state index contributed by atoms with van der Waals surface area (Å²) in [6, 6.07) is 11.9. The van der Waals surface area contributed by atoms with Crippen LogP contribution in [-0.4, -0.2) is 45.2 Å². The first-order valence-corrected chi connectivity index (χ1v) is 10.7. The Morgan fingerprint density at radius 1 is 0.935 bits per heavy atom. The summed E-state index contributed by atoms with van der Waals surface area (Å²) in [6.45, 7) is 3.73. The Morgan fingerprint density at radius 2 is 1.65 bits per heavy atom. The van der Waals surface area contributed by atoms with E-state index in [-0.39, 0.29) is 5.91 Å². The Kier molecular flexibility index (Phi) is 8.35. The zero-order chi connectivity index (χ0) is 22.1. The van der Waals surface area contributed by atoms with Gasteiger partial charge in [-0.25, -0.2) is 0 Å². The number of hydrogen-bond donors (Lipinski definition) is 1. The van der Waals surface area contributed by atoms with Gasteiger partial charge in [-0.2, -0.15) is 0 Å². The van der Waals surface area contributed by atoms with Crippen molar-refractivity contribution < 1.29 is 19.0 Å². The first-order chi connectivity index (χ1) is 15.2. The van der Waals surface area contributed by atoms with Gasteiger partial charge in [0, 0.05) is 24.7 Å². The minimum Gasteiger partial charge on any atom is -0.493 e. The van der Waals surface area contributed by atoms with Crippen molar-refractivity contribution in [3.05, 3.63) is 59.2 Å². The molecule has 1 N–H and O–H groups in total. The molecule has 1 fully saturated rings. The minimum absolute atomic E-state index is 0.162. The molecule has 1 aliphatic rings. The SMILES string of the molecule is COc1ccc(/C=C/C(=O)NCc2ccccc2CN2CCCCC2)c(OC)c1OC. The summed E-state index contributed by atoms with van der Waals surface area (Å²) < 4.78 is 16.2. The summed E-state index contributed by atoms with van der Waals surface area (Å²) in [7, 11) is 4.69. The Hall–Kier alpha value is -2.99. The lowest BCUT2D eigenvalue weighted by Crippen LogP contribution is -2.30. The average Bonchev–Trinajstić information content (AvgIpc) is 2.82. The molecule has 1 aliphatic heterocycles. The molecule has 0 bridgehead atoms. The van der Waals surface area contributed by atoms with Gasteiger partial charge in [-0.05, 0) is 55.3 Å². The standard InChI is InChI=1S/C25H32N2O4/c1-29-22-13-11-19(24(30-2)25(22)31-3)12-14-23(28)26-17-20-9-5-6-10-21(20)18-27-15-7-4-8-16-27/h5-6,9-14H,4,7-8,15-18H2,1-3H3,(H,26,28)/b14-12+. The van der Waals surface area contributed by atoms with Crippen LogP contribution < -0.4 is 19.5 Å². The van der Waals surface area contributed by atoms with Gasteiger partial charge in [-0.3, -0.25) is 9.69 Å². The number of benzene rings is 2. The Labute approximate surface area is 184 Å². The molecule has 0 saturated carbocycles. The molecule has 2 aromatic rings. The highest BCUT2D eigenvalue weighted by molar-refractivity contribution is 5.92. The third-order valence-corrected chi connectivity index (χ3v) is 5.56. The van der Waals surface area contributed by atoms with Crippen LogP contribution in [0.5, 0.6) is 17.2 Å². The molecule has 6 nitrogen and oxygen atoms in total. The molecule has 166 valence electrons. The van der Waals surface area contributed by atoms with E-state index < -0.39 is 0 Å². The molecule has 0 atom stereocenters. The third kappa shape index (κ3) is 6.01. The second-order valence-corrected chi connectivity index (χ2v) is 7.58. The van der Waals surface area contributed by atoms with Crippen molar-refractivity contribution in [3.8, 4) is 17.2 Å². The number of methoxy groups -OCH3 is 3. The molecule has 2 aromatic carbocycles. The Morgan fingerprint density at radius 3 is 2.32 bits per heavy atom. The van der Waals surface area contributed by atoms with E-state index in [2.05, 4.69) is 28.4 Å². The van der Waals surface area contributed by atoms with Crippen molar-refractivity contribution in [2.45, 2.75) is 32.4 Å². The maximum absolute atomic E-state index is 12.5. The molecule has 1 heterocycles. The number of amides is 1. The van der Waals surface area contributed by atoms with Crippen LogP contribution in [0.2, 0.25) is 0 Å². The summed E-state index contributed by atoms with van der Waals surface area (Å²) >= 11 is 0. The summed E-state index contributed by atoms with van der Waals surface area (Å²) in [5.74, 6) is 1.44. The number of hydrogen-bond acceptors (Lipinski definition) is 5. The van der Waals surface area contributed by atoms with Crippen LogP contribution in [0.1, 0.15) is 36.0 Å². The predicted molar refractivity (Wildman–Crippen MR) is 123 cm³/mol. The Balaban J connectivity index is 1.64. The number of nitrogens with one attached hydrogen (secondary N) is 1. The fourth-order valence-corrected chi connectivity index (χ4v) is 3.91. The number of likely N-dealkylation sites (tertiary alicyclic amines) is 1. The van der Waals surface area contributed by atoms with Crippen LogP contribution in [0.25, 0.3) is 6.08 Å². The molecule has 31 heavy (non-hydrogen) atoms. The number of ether oxygens (including phenoxy) is 3. The fourth-order valence-electron chi connectivity index (χ4n) is 3.91. The normalized spacial score (nSPS) is 14.4. The first-order valence-electron chi connectivity index (χ1n) is 10.7. The van der Waals surface area contributed by atoms with Gasteiger partial charge in [0.25, 0.3) is 0 Å². The second kappa shape index (κ2) is 11.4. The molecule has 0 aliphatic carbocycles. The third-order valence-electron chi connectivity index (χ3n) is 5.56. The number of carbonyl (C=O) groups is 1. The van der Waals surface area contributed by atoms with E-state index in [9.17, 15) is 4.79 Å². The van der Waals surface area contributed by atoms with E-state index >= 15 is 0 Å². The van der Waals surface area contributed by atoms with Crippen LogP contribution in [-0.2, 0) is 17.9 Å². The molecule has 6 heteroatoms. The van der Waals surface area contributed by atoms with Crippen molar-refractivity contribution in [1.29, 1.82) is 0 Å². The first kappa shape index (κ1) is 22.7. The monoisotopic (exact) mass is 424 g/mol. The van der Waals surface area contributed by atoms with Gasteiger partial charge in [0.2, 0.25) is 11.7 Å². The smallest absolute Gasteiger partial charge is 0.244 e. The van der Waals surface area contributed by atoms with Crippen molar-refractivity contribution in [2.24, 2.45) is 0 Å². The van der Waals surface area contributed by atoms with Gasteiger partial charge in [0.1, 0.15) is 0 Å². The summed E-state index contributed by atoms with van der Waals surface area (Å²) in [4.78, 5) is 15.0. The van der Waals surface area contributed by atoms with Crippen molar-refractivity contribution in [3.63, 3.8) is 0 Å². The molecule has 1 saturated heterocycles. The van der Waals surface area contributed by atoms with E-state index in [0.717, 1.165) is 30.8 Å². The average molecular weight is 425 g/mol. The molecule has 0 aromatic heterocycles. The number of nitrogens with zero attached hydrogens (tertiary/aromatic N) is 1. The predicted octanol–water partition coefficient (Wildman–Crippen LogP) is 4.03. The molecule has 0 spiro atoms. The van der Waals surface area contributed by atoms with E-state index in [4.69, 9.17) is 14.2 Å². The highest BCUT2D eigenvalue weighted by Crippen LogP contribution is 2.40. The van der Waals surface area contributed by atoms with Gasteiger partial charge < -0.3 is 19.5 Å². The molecule has 3 rings (SSSR count). The van der Waals surface area contributed by atoms with E-state index in [1.807, 2.05) is 12.1 Å². The summed E-state index contributed by atoms with van der Waals surface area (Å²) in [5, 5.41) is 2.99. The molecule has 1 amide bonds. The summed E-state index contributed by atoms with van der Waals surface area (Å²) in [6.07, 6.45) is 7.09. The highest BCUT2D eigenvalue weighted by atomic mass is 16.5.